The predicted molar refractivity (Wildman–Crippen MR) is 140 cm³/mol. The number of halogens is 3. The van der Waals surface area contributed by atoms with Crippen LogP contribution in [0.5, 0.6) is 0 Å². The number of ether oxygens (including phenoxy) is 1. The molecule has 10 nitrogen and oxygen atoms in total. The van der Waals surface area contributed by atoms with Crippen molar-refractivity contribution in [2.75, 3.05) is 12.0 Å². The van der Waals surface area contributed by atoms with Gasteiger partial charge in [0.05, 0.1) is 43.5 Å². The molecule has 41 heavy (non-hydrogen) atoms. The van der Waals surface area contributed by atoms with Gasteiger partial charge in [0, 0.05) is 17.8 Å². The summed E-state index contributed by atoms with van der Waals surface area (Å²) in [6, 6.07) is 10.6. The third-order valence-electron chi connectivity index (χ3n) is 7.01. The maximum Gasteiger partial charge on any atom is 0.416 e. The molecular weight excluding hydrogens is 539 g/mol. The Morgan fingerprint density at radius 3 is 2.68 bits per heavy atom. The number of nitrogens with zero attached hydrogens (tertiary/aromatic N) is 6. The molecule has 1 N–H and O–H groups in total. The van der Waals surface area contributed by atoms with E-state index in [2.05, 4.69) is 16.3 Å². The summed E-state index contributed by atoms with van der Waals surface area (Å²) in [5, 5.41) is 16.1. The quantitative estimate of drug-likeness (QED) is 0.283. The zero-order chi connectivity index (χ0) is 29.5. The molecule has 210 valence electrons. The second-order valence-corrected chi connectivity index (χ2v) is 9.57. The summed E-state index contributed by atoms with van der Waals surface area (Å²) in [4.78, 5) is 27.9. The summed E-state index contributed by atoms with van der Waals surface area (Å²) in [7, 11) is 3.08. The number of fused-ring (bicyclic) bond motifs is 1. The monoisotopic (exact) mass is 564 g/mol. The van der Waals surface area contributed by atoms with E-state index in [0.717, 1.165) is 12.1 Å². The minimum absolute atomic E-state index is 0.00257. The molecule has 1 aliphatic heterocycles. The predicted octanol–water partition coefficient (Wildman–Crippen LogP) is 3.52. The summed E-state index contributed by atoms with van der Waals surface area (Å²) in [6.07, 6.45) is 1.50. The normalized spacial score (nSPS) is 15.0. The van der Waals surface area contributed by atoms with E-state index in [1.54, 1.807) is 25.1 Å². The third-order valence-corrected chi connectivity index (χ3v) is 7.01. The maximum absolute atomic E-state index is 13.6. The number of aryl methyl sites for hydroxylation is 3. The minimum atomic E-state index is -4.61. The molecule has 0 amide bonds. The number of aromatic nitrogens is 5. The van der Waals surface area contributed by atoms with Gasteiger partial charge in [0.1, 0.15) is 18.4 Å². The molecule has 0 unspecified atom stereocenters. The zero-order valence-corrected chi connectivity index (χ0v) is 22.3. The van der Waals surface area contributed by atoms with Crippen molar-refractivity contribution in [3.05, 3.63) is 105 Å². The lowest BCUT2D eigenvalue weighted by Crippen LogP contribution is -2.38. The molecule has 1 aliphatic rings. The Kier molecular flexibility index (Phi) is 7.00. The molecule has 1 atom stereocenters. The number of esters is 1. The van der Waals surface area contributed by atoms with Crippen molar-refractivity contribution >= 4 is 17.6 Å². The average Bonchev–Trinajstić information content (AvgIpc) is 3.55. The summed E-state index contributed by atoms with van der Waals surface area (Å²) < 4.78 is 50.9. The van der Waals surface area contributed by atoms with Crippen LogP contribution in [0, 0.1) is 11.3 Å². The third kappa shape index (κ3) is 5.00. The van der Waals surface area contributed by atoms with Gasteiger partial charge in [-0.25, -0.2) is 28.4 Å². The number of allylic oxidation sites excluding steroid dienone is 1. The fourth-order valence-electron chi connectivity index (χ4n) is 5.12. The van der Waals surface area contributed by atoms with Gasteiger partial charge < -0.3 is 4.74 Å². The highest BCUT2D eigenvalue weighted by Gasteiger charge is 2.41. The number of nitriles is 1. The number of H-pyrrole nitrogens is 1. The number of alkyl halides is 3. The first kappa shape index (κ1) is 27.4. The van der Waals surface area contributed by atoms with Gasteiger partial charge in [-0.2, -0.15) is 18.4 Å². The van der Waals surface area contributed by atoms with Gasteiger partial charge in [0.25, 0.3) is 0 Å². The summed E-state index contributed by atoms with van der Waals surface area (Å²) in [6.45, 7) is 2.10. The number of methoxy groups -OCH3 is 1. The van der Waals surface area contributed by atoms with Crippen molar-refractivity contribution in [2.24, 2.45) is 7.05 Å². The molecule has 0 aliphatic carbocycles. The Morgan fingerprint density at radius 2 is 2.02 bits per heavy atom. The topological polar surface area (TPSA) is 113 Å². The van der Waals surface area contributed by atoms with Crippen LogP contribution in [0.15, 0.2) is 77.3 Å². The average molecular weight is 565 g/mol. The second kappa shape index (κ2) is 10.5. The van der Waals surface area contributed by atoms with Gasteiger partial charge in [-0.3, -0.25) is 4.90 Å². The van der Waals surface area contributed by atoms with E-state index in [0.29, 0.717) is 29.7 Å². The van der Waals surface area contributed by atoms with Gasteiger partial charge in [0.15, 0.2) is 0 Å². The Hall–Kier alpha value is -5.12. The minimum Gasteiger partial charge on any atom is -0.466 e. The molecule has 0 bridgehead atoms. The van der Waals surface area contributed by atoms with Crippen LogP contribution in [0.25, 0.3) is 0 Å². The van der Waals surface area contributed by atoms with Gasteiger partial charge in [-0.05, 0) is 48.4 Å². The molecule has 0 saturated heterocycles. The summed E-state index contributed by atoms with van der Waals surface area (Å²) in [5.41, 5.74) is 0.395. The van der Waals surface area contributed by atoms with Crippen LogP contribution < -0.4 is 15.2 Å². The number of carbonyl (C=O) groups is 1. The SMILES string of the molecule is COC(=O)C1=C(C)N(c2cccc(C(F)(F)F)c2)c2n[nH]c(=O)n2[C@@H]1c1ccc(C#N)cc1CC[n+]1ccn(C)c1. The second-order valence-electron chi connectivity index (χ2n) is 9.57. The number of imidazole rings is 1. The Bertz CT molecular complexity index is 1770. The number of carbonyl (C=O) groups excluding carboxylic acids is 1. The van der Waals surface area contributed by atoms with Crippen LogP contribution in [0.1, 0.15) is 35.2 Å². The van der Waals surface area contributed by atoms with Crippen molar-refractivity contribution in [1.29, 1.82) is 5.26 Å². The van der Waals surface area contributed by atoms with Gasteiger partial charge >= 0.3 is 17.8 Å². The van der Waals surface area contributed by atoms with E-state index in [4.69, 9.17) is 4.74 Å². The molecule has 3 heterocycles. The van der Waals surface area contributed by atoms with Crippen molar-refractivity contribution in [1.82, 2.24) is 19.3 Å². The van der Waals surface area contributed by atoms with E-state index in [1.807, 2.05) is 34.9 Å². The van der Waals surface area contributed by atoms with Crippen LogP contribution in [0.4, 0.5) is 24.8 Å². The summed E-state index contributed by atoms with van der Waals surface area (Å²) in [5.74, 6) is -0.770. The lowest BCUT2D eigenvalue weighted by molar-refractivity contribution is -0.695. The van der Waals surface area contributed by atoms with Crippen LogP contribution >= 0.6 is 0 Å². The van der Waals surface area contributed by atoms with Crippen LogP contribution in [-0.2, 0) is 35.7 Å². The van der Waals surface area contributed by atoms with E-state index < -0.39 is 29.4 Å². The zero-order valence-electron chi connectivity index (χ0n) is 22.3. The van der Waals surface area contributed by atoms with E-state index in [1.165, 1.54) is 28.7 Å². The molecule has 0 saturated carbocycles. The number of rotatable bonds is 6. The van der Waals surface area contributed by atoms with E-state index in [-0.39, 0.29) is 22.9 Å². The molecule has 0 fully saturated rings. The first-order valence-electron chi connectivity index (χ1n) is 12.5. The number of benzene rings is 2. The fourth-order valence-corrected chi connectivity index (χ4v) is 5.12. The maximum atomic E-state index is 13.6. The molecule has 2 aromatic heterocycles. The number of hydrogen-bond donors (Lipinski definition) is 1. The largest absolute Gasteiger partial charge is 0.466 e. The van der Waals surface area contributed by atoms with Gasteiger partial charge in [-0.15, -0.1) is 5.10 Å². The molecule has 4 aromatic rings. The molecule has 5 rings (SSSR count). The highest BCUT2D eigenvalue weighted by Crippen LogP contribution is 2.43. The number of hydrogen-bond acceptors (Lipinski definition) is 6. The molecular formula is C28H25F3N7O3+. The van der Waals surface area contributed by atoms with Crippen LogP contribution in [0.3, 0.4) is 0 Å². The van der Waals surface area contributed by atoms with Crippen molar-refractivity contribution < 1.29 is 27.3 Å². The van der Waals surface area contributed by atoms with Gasteiger partial charge in [-0.1, -0.05) is 12.1 Å². The Balaban J connectivity index is 1.72. The molecule has 0 radical (unpaired) electrons. The van der Waals surface area contributed by atoms with E-state index in [9.17, 15) is 28.0 Å². The molecule has 2 aromatic carbocycles. The highest BCUT2D eigenvalue weighted by atomic mass is 19.4. The first-order valence-corrected chi connectivity index (χ1v) is 12.5. The van der Waals surface area contributed by atoms with Crippen LogP contribution in [-0.4, -0.2) is 32.4 Å². The first-order chi connectivity index (χ1) is 19.5. The Morgan fingerprint density at radius 1 is 1.24 bits per heavy atom. The molecule has 0 spiro atoms. The highest BCUT2D eigenvalue weighted by molar-refractivity contribution is 5.93. The smallest absolute Gasteiger partial charge is 0.416 e. The lowest BCUT2D eigenvalue weighted by atomic mass is 9.89. The number of nitrogens with one attached hydrogen (secondary N) is 1. The van der Waals surface area contributed by atoms with Crippen molar-refractivity contribution in [2.45, 2.75) is 32.1 Å². The molecule has 13 heteroatoms. The lowest BCUT2D eigenvalue weighted by Gasteiger charge is -2.36. The number of aromatic amines is 1. The fraction of sp³-hybridized carbons (Fsp3) is 0.250. The van der Waals surface area contributed by atoms with Crippen molar-refractivity contribution in [3.8, 4) is 6.07 Å². The van der Waals surface area contributed by atoms with Crippen molar-refractivity contribution in [3.63, 3.8) is 0 Å². The van der Waals surface area contributed by atoms with Crippen LogP contribution in [0.2, 0.25) is 0 Å². The standard InChI is InChI=1S/C28H24F3N7O3/c1-17-23(25(39)41-3)24(22-8-7-18(15-32)13-19(22)9-10-36-12-11-35(2)16-36)38-26(33-34-27(38)40)37(17)21-6-4-5-20(14-21)28(29,30)31/h4-8,11-14,16,24H,9-10H2,1-3H3/p+1/t24-/m1/s1. The number of anilines is 2. The Labute approximate surface area is 232 Å². The summed E-state index contributed by atoms with van der Waals surface area (Å²) >= 11 is 0. The van der Waals surface area contributed by atoms with Gasteiger partial charge in [0.2, 0.25) is 12.3 Å². The van der Waals surface area contributed by atoms with E-state index >= 15 is 0 Å².